The van der Waals surface area contributed by atoms with Gasteiger partial charge in [-0.1, -0.05) is 12.1 Å². The third-order valence-electron chi connectivity index (χ3n) is 2.97. The second-order valence-electron chi connectivity index (χ2n) is 4.15. The van der Waals surface area contributed by atoms with Crippen LogP contribution in [0.4, 0.5) is 5.82 Å². The number of fused-ring (bicyclic) bond motifs is 1. The van der Waals surface area contributed by atoms with E-state index >= 15 is 0 Å². The van der Waals surface area contributed by atoms with Crippen LogP contribution in [0.2, 0.25) is 0 Å². The van der Waals surface area contributed by atoms with Crippen molar-refractivity contribution in [2.75, 3.05) is 24.6 Å². The van der Waals surface area contributed by atoms with Gasteiger partial charge in [-0.25, -0.2) is 4.98 Å². The number of hydrogen-bond acceptors (Lipinski definition) is 5. The monoisotopic (exact) mass is 240 g/mol. The number of rotatable bonds is 1. The van der Waals surface area contributed by atoms with Gasteiger partial charge in [-0.2, -0.15) is 5.26 Å². The van der Waals surface area contributed by atoms with E-state index in [1.807, 2.05) is 29.2 Å². The summed E-state index contributed by atoms with van der Waals surface area (Å²) in [7, 11) is 0. The van der Waals surface area contributed by atoms with Gasteiger partial charge in [0.2, 0.25) is 0 Å². The molecule has 18 heavy (non-hydrogen) atoms. The molecular weight excluding hydrogens is 228 g/mol. The number of morpholine rings is 1. The Kier molecular flexibility index (Phi) is 2.79. The van der Waals surface area contributed by atoms with Crippen molar-refractivity contribution in [3.63, 3.8) is 0 Å². The van der Waals surface area contributed by atoms with Gasteiger partial charge >= 0.3 is 0 Å². The summed E-state index contributed by atoms with van der Waals surface area (Å²) in [6.45, 7) is 1.83. The minimum atomic E-state index is -0.382. The van der Waals surface area contributed by atoms with E-state index in [-0.39, 0.29) is 6.10 Å². The van der Waals surface area contributed by atoms with E-state index in [9.17, 15) is 0 Å². The van der Waals surface area contributed by atoms with Gasteiger partial charge in [0, 0.05) is 6.54 Å². The first-order chi connectivity index (χ1) is 8.86. The zero-order valence-corrected chi connectivity index (χ0v) is 9.78. The third kappa shape index (κ3) is 1.98. The Balaban J connectivity index is 1.92. The van der Waals surface area contributed by atoms with Crippen molar-refractivity contribution in [1.29, 1.82) is 5.26 Å². The van der Waals surface area contributed by atoms with E-state index in [1.54, 1.807) is 6.20 Å². The molecular formula is C13H12N4O. The van der Waals surface area contributed by atoms with Gasteiger partial charge in [0.05, 0.1) is 36.5 Å². The molecule has 1 aromatic carbocycles. The first-order valence-corrected chi connectivity index (χ1v) is 5.85. The molecule has 3 rings (SSSR count). The van der Waals surface area contributed by atoms with Gasteiger partial charge in [0.25, 0.3) is 0 Å². The second-order valence-corrected chi connectivity index (χ2v) is 4.15. The smallest absolute Gasteiger partial charge is 0.161 e. The van der Waals surface area contributed by atoms with Crippen LogP contribution in [0.15, 0.2) is 30.5 Å². The fourth-order valence-corrected chi connectivity index (χ4v) is 2.04. The lowest BCUT2D eigenvalue weighted by atomic mass is 10.3. The fourth-order valence-electron chi connectivity index (χ4n) is 2.04. The maximum absolute atomic E-state index is 8.89. The molecule has 0 bridgehead atoms. The maximum atomic E-state index is 8.89. The highest BCUT2D eigenvalue weighted by atomic mass is 16.5. The van der Waals surface area contributed by atoms with Gasteiger partial charge in [0.1, 0.15) is 5.82 Å². The Labute approximate surface area is 105 Å². The third-order valence-corrected chi connectivity index (χ3v) is 2.97. The number of nitrogens with zero attached hydrogens (tertiary/aromatic N) is 4. The van der Waals surface area contributed by atoms with Gasteiger partial charge in [-0.3, -0.25) is 4.98 Å². The second kappa shape index (κ2) is 4.59. The highest BCUT2D eigenvalue weighted by Crippen LogP contribution is 2.17. The Bertz CT molecular complexity index is 607. The summed E-state index contributed by atoms with van der Waals surface area (Å²) in [6.07, 6.45) is 1.37. The highest BCUT2D eigenvalue weighted by Gasteiger charge is 2.21. The summed E-state index contributed by atoms with van der Waals surface area (Å²) in [4.78, 5) is 11.0. The van der Waals surface area contributed by atoms with E-state index in [0.29, 0.717) is 13.2 Å². The molecule has 0 saturated carbocycles. The standard InChI is InChI=1S/C13H12N4O/c14-7-10-9-17(5-6-18-10)13-8-15-11-3-1-2-4-12(11)16-13/h1-4,8,10H,5-6,9H2. The van der Waals surface area contributed by atoms with Crippen molar-refractivity contribution in [1.82, 2.24) is 9.97 Å². The zero-order valence-electron chi connectivity index (χ0n) is 9.78. The molecule has 0 amide bonds. The van der Waals surface area contributed by atoms with Crippen molar-refractivity contribution in [3.05, 3.63) is 30.5 Å². The van der Waals surface area contributed by atoms with E-state index < -0.39 is 0 Å². The van der Waals surface area contributed by atoms with Crippen molar-refractivity contribution in [2.45, 2.75) is 6.10 Å². The SMILES string of the molecule is N#CC1CN(c2cnc3ccccc3n2)CCO1. The molecule has 0 radical (unpaired) electrons. The molecule has 90 valence electrons. The van der Waals surface area contributed by atoms with Crippen molar-refractivity contribution >= 4 is 16.9 Å². The normalized spacial score (nSPS) is 19.7. The first-order valence-electron chi connectivity index (χ1n) is 5.85. The van der Waals surface area contributed by atoms with Crippen LogP contribution in [0.1, 0.15) is 0 Å². The number of ether oxygens (including phenoxy) is 1. The largest absolute Gasteiger partial charge is 0.360 e. The van der Waals surface area contributed by atoms with Crippen LogP contribution < -0.4 is 4.90 Å². The van der Waals surface area contributed by atoms with Gasteiger partial charge in [0.15, 0.2) is 6.10 Å². The van der Waals surface area contributed by atoms with Crippen LogP contribution in [0.5, 0.6) is 0 Å². The number of nitriles is 1. The predicted octanol–water partition coefficient (Wildman–Crippen LogP) is 1.36. The lowest BCUT2D eigenvalue weighted by Crippen LogP contribution is -2.42. The Hall–Kier alpha value is -2.19. The van der Waals surface area contributed by atoms with E-state index in [2.05, 4.69) is 16.0 Å². The number of aromatic nitrogens is 2. The van der Waals surface area contributed by atoms with Crippen LogP contribution in [0.25, 0.3) is 11.0 Å². The number of benzene rings is 1. The van der Waals surface area contributed by atoms with Crippen LogP contribution in [0.3, 0.4) is 0 Å². The van der Waals surface area contributed by atoms with Crippen LogP contribution in [-0.4, -0.2) is 35.8 Å². The molecule has 0 aliphatic carbocycles. The number of anilines is 1. The summed E-state index contributed by atoms with van der Waals surface area (Å²) in [5, 5.41) is 8.89. The lowest BCUT2D eigenvalue weighted by molar-refractivity contribution is 0.0761. The molecule has 1 aliphatic rings. The van der Waals surface area contributed by atoms with Crippen molar-refractivity contribution < 1.29 is 4.74 Å². The minimum absolute atomic E-state index is 0.382. The molecule has 2 heterocycles. The molecule has 1 fully saturated rings. The average Bonchev–Trinajstić information content (AvgIpc) is 2.47. The maximum Gasteiger partial charge on any atom is 0.161 e. The molecule has 5 nitrogen and oxygen atoms in total. The van der Waals surface area contributed by atoms with Crippen molar-refractivity contribution in [2.24, 2.45) is 0 Å². The molecule has 1 aromatic heterocycles. The van der Waals surface area contributed by atoms with E-state index in [4.69, 9.17) is 10.00 Å². The van der Waals surface area contributed by atoms with Crippen LogP contribution in [-0.2, 0) is 4.74 Å². The van der Waals surface area contributed by atoms with Crippen molar-refractivity contribution in [3.8, 4) is 6.07 Å². The molecule has 1 unspecified atom stereocenters. The molecule has 2 aromatic rings. The Morgan fingerprint density at radius 3 is 3.00 bits per heavy atom. The Morgan fingerprint density at radius 2 is 2.17 bits per heavy atom. The number of para-hydroxylation sites is 2. The van der Waals surface area contributed by atoms with E-state index in [1.165, 1.54) is 0 Å². The summed E-state index contributed by atoms with van der Waals surface area (Å²) >= 11 is 0. The van der Waals surface area contributed by atoms with Crippen LogP contribution in [0, 0.1) is 11.3 Å². The average molecular weight is 240 g/mol. The summed E-state index contributed by atoms with van der Waals surface area (Å²) < 4.78 is 5.32. The highest BCUT2D eigenvalue weighted by molar-refractivity contribution is 5.75. The van der Waals surface area contributed by atoms with Gasteiger partial charge < -0.3 is 9.64 Å². The summed E-state index contributed by atoms with van der Waals surface area (Å²) in [5.74, 6) is 0.803. The first kappa shape index (κ1) is 10.9. The Morgan fingerprint density at radius 1 is 1.33 bits per heavy atom. The molecule has 0 spiro atoms. The fraction of sp³-hybridized carbons (Fsp3) is 0.308. The minimum Gasteiger partial charge on any atom is -0.360 e. The molecule has 5 heteroatoms. The lowest BCUT2D eigenvalue weighted by Gasteiger charge is -2.30. The summed E-state index contributed by atoms with van der Waals surface area (Å²) in [6, 6.07) is 9.89. The van der Waals surface area contributed by atoms with Crippen LogP contribution >= 0.6 is 0 Å². The topological polar surface area (TPSA) is 62.0 Å². The van der Waals surface area contributed by atoms with Gasteiger partial charge in [-0.05, 0) is 12.1 Å². The zero-order chi connectivity index (χ0) is 12.4. The molecule has 1 atom stereocenters. The van der Waals surface area contributed by atoms with E-state index in [0.717, 1.165) is 23.4 Å². The number of hydrogen-bond donors (Lipinski definition) is 0. The van der Waals surface area contributed by atoms with Gasteiger partial charge in [-0.15, -0.1) is 0 Å². The quantitative estimate of drug-likeness (QED) is 0.753. The summed E-state index contributed by atoms with van der Waals surface area (Å²) in [5.41, 5.74) is 1.75. The molecule has 0 N–H and O–H groups in total. The predicted molar refractivity (Wildman–Crippen MR) is 67.1 cm³/mol. The molecule has 1 saturated heterocycles. The molecule has 1 aliphatic heterocycles.